The van der Waals surface area contributed by atoms with Gasteiger partial charge in [-0.2, -0.15) is 0 Å². The van der Waals surface area contributed by atoms with Crippen LogP contribution < -0.4 is 10.6 Å². The largest absolute Gasteiger partial charge is 0.370 e. The quantitative estimate of drug-likeness (QED) is 0.763. The second-order valence-electron chi connectivity index (χ2n) is 4.57. The van der Waals surface area contributed by atoms with Crippen LogP contribution in [0.3, 0.4) is 0 Å². The number of benzene rings is 1. The molecule has 2 N–H and O–H groups in total. The number of unbranched alkanes of at least 4 members (excludes halogenated alkanes) is 1. The fourth-order valence-corrected chi connectivity index (χ4v) is 2.20. The van der Waals surface area contributed by atoms with Crippen molar-refractivity contribution >= 4 is 33.3 Å². The maximum atomic E-state index is 4.42. The molecule has 2 aromatic rings. The molecule has 20 heavy (non-hydrogen) atoms. The van der Waals surface area contributed by atoms with Gasteiger partial charge < -0.3 is 10.6 Å². The number of hydrogen-bond acceptors (Lipinski definition) is 4. The summed E-state index contributed by atoms with van der Waals surface area (Å²) >= 11 is 3.52. The van der Waals surface area contributed by atoms with Crippen molar-refractivity contribution in [1.82, 2.24) is 9.97 Å². The molecule has 1 heterocycles. The summed E-state index contributed by atoms with van der Waals surface area (Å²) in [5, 5.41) is 6.63. The summed E-state index contributed by atoms with van der Waals surface area (Å²) in [6.07, 6.45) is 2.30. The first-order chi connectivity index (χ1) is 9.69. The van der Waals surface area contributed by atoms with E-state index in [-0.39, 0.29) is 0 Å². The first kappa shape index (κ1) is 14.8. The van der Waals surface area contributed by atoms with E-state index < -0.39 is 0 Å². The van der Waals surface area contributed by atoms with Crippen molar-refractivity contribution in [1.29, 1.82) is 0 Å². The molecule has 5 heteroatoms. The number of para-hydroxylation sites is 1. The maximum Gasteiger partial charge on any atom is 0.136 e. The molecule has 0 amide bonds. The molecule has 0 radical (unpaired) electrons. The molecule has 0 aliphatic rings. The number of aromatic nitrogens is 2. The molecule has 0 unspecified atom stereocenters. The summed E-state index contributed by atoms with van der Waals surface area (Å²) in [5.74, 6) is 2.41. The standard InChI is InChI=1S/C15H19BrN4/c1-3-4-9-17-14-10-15(19-11(2)18-14)20-13-8-6-5-7-12(13)16/h5-8,10H,3-4,9H2,1-2H3,(H2,17,18,19,20). The third kappa shape index (κ3) is 4.20. The van der Waals surface area contributed by atoms with E-state index in [0.29, 0.717) is 0 Å². The van der Waals surface area contributed by atoms with Crippen LogP contribution in [0.1, 0.15) is 25.6 Å². The van der Waals surface area contributed by atoms with Crippen LogP contribution in [0.2, 0.25) is 0 Å². The Labute approximate surface area is 128 Å². The van der Waals surface area contributed by atoms with E-state index in [4.69, 9.17) is 0 Å². The second-order valence-corrected chi connectivity index (χ2v) is 5.43. The predicted molar refractivity (Wildman–Crippen MR) is 87.6 cm³/mol. The monoisotopic (exact) mass is 334 g/mol. The van der Waals surface area contributed by atoms with E-state index in [2.05, 4.69) is 43.5 Å². The average molecular weight is 335 g/mol. The van der Waals surface area contributed by atoms with E-state index in [1.807, 2.05) is 37.3 Å². The maximum absolute atomic E-state index is 4.42. The van der Waals surface area contributed by atoms with Gasteiger partial charge in [-0.1, -0.05) is 25.5 Å². The highest BCUT2D eigenvalue weighted by molar-refractivity contribution is 9.10. The van der Waals surface area contributed by atoms with Crippen molar-refractivity contribution in [2.75, 3.05) is 17.2 Å². The van der Waals surface area contributed by atoms with Crippen molar-refractivity contribution in [3.05, 3.63) is 40.6 Å². The van der Waals surface area contributed by atoms with Gasteiger partial charge in [-0.15, -0.1) is 0 Å². The number of hydrogen-bond donors (Lipinski definition) is 2. The molecule has 1 aromatic carbocycles. The fraction of sp³-hybridized carbons (Fsp3) is 0.333. The minimum absolute atomic E-state index is 0.751. The van der Waals surface area contributed by atoms with Gasteiger partial charge in [-0.3, -0.25) is 0 Å². The molecule has 0 fully saturated rings. The van der Waals surface area contributed by atoms with Crippen LogP contribution in [-0.4, -0.2) is 16.5 Å². The molecule has 1 aromatic heterocycles. The predicted octanol–water partition coefficient (Wildman–Crippen LogP) is 4.50. The molecule has 0 aliphatic carbocycles. The van der Waals surface area contributed by atoms with E-state index in [0.717, 1.165) is 40.6 Å². The molecule has 0 saturated heterocycles. The van der Waals surface area contributed by atoms with Gasteiger partial charge in [0.2, 0.25) is 0 Å². The Morgan fingerprint density at radius 1 is 1.15 bits per heavy atom. The minimum atomic E-state index is 0.751. The Bertz CT molecular complexity index is 572. The SMILES string of the molecule is CCCCNc1cc(Nc2ccccc2Br)nc(C)n1. The molecule has 0 spiro atoms. The zero-order chi connectivity index (χ0) is 14.4. The molecule has 0 saturated carbocycles. The van der Waals surface area contributed by atoms with Crippen molar-refractivity contribution in [3.63, 3.8) is 0 Å². The van der Waals surface area contributed by atoms with E-state index in [1.165, 1.54) is 6.42 Å². The summed E-state index contributed by atoms with van der Waals surface area (Å²) in [6.45, 7) is 5.00. The van der Waals surface area contributed by atoms with Gasteiger partial charge in [0.05, 0.1) is 5.69 Å². The number of anilines is 3. The zero-order valence-electron chi connectivity index (χ0n) is 11.8. The molecular weight excluding hydrogens is 316 g/mol. The van der Waals surface area contributed by atoms with Crippen LogP contribution >= 0.6 is 15.9 Å². The number of nitrogens with one attached hydrogen (secondary N) is 2. The van der Waals surface area contributed by atoms with Gasteiger partial charge in [-0.05, 0) is 41.4 Å². The summed E-state index contributed by atoms with van der Waals surface area (Å²) in [4.78, 5) is 8.81. The summed E-state index contributed by atoms with van der Waals surface area (Å²) < 4.78 is 1.01. The lowest BCUT2D eigenvalue weighted by atomic mass is 10.3. The Morgan fingerprint density at radius 3 is 2.65 bits per heavy atom. The minimum Gasteiger partial charge on any atom is -0.370 e. The van der Waals surface area contributed by atoms with Crippen LogP contribution in [0, 0.1) is 6.92 Å². The molecule has 0 bridgehead atoms. The highest BCUT2D eigenvalue weighted by Crippen LogP contribution is 2.25. The number of nitrogens with zero attached hydrogens (tertiary/aromatic N) is 2. The third-order valence-corrected chi connectivity index (χ3v) is 3.50. The molecule has 0 atom stereocenters. The van der Waals surface area contributed by atoms with Gasteiger partial charge in [0.25, 0.3) is 0 Å². The highest BCUT2D eigenvalue weighted by atomic mass is 79.9. The first-order valence-corrected chi connectivity index (χ1v) is 7.59. The summed E-state index contributed by atoms with van der Waals surface area (Å²) in [7, 11) is 0. The lowest BCUT2D eigenvalue weighted by molar-refractivity contribution is 0.829. The normalized spacial score (nSPS) is 10.3. The van der Waals surface area contributed by atoms with Crippen LogP contribution in [0.5, 0.6) is 0 Å². The Kier molecular flexibility index (Phi) is 5.35. The first-order valence-electron chi connectivity index (χ1n) is 6.80. The topological polar surface area (TPSA) is 49.8 Å². The smallest absolute Gasteiger partial charge is 0.136 e. The molecular formula is C15H19BrN4. The van der Waals surface area contributed by atoms with Crippen LogP contribution in [0.15, 0.2) is 34.8 Å². The lowest BCUT2D eigenvalue weighted by Gasteiger charge is -2.11. The second kappa shape index (κ2) is 7.24. The fourth-order valence-electron chi connectivity index (χ4n) is 1.82. The Morgan fingerprint density at radius 2 is 1.90 bits per heavy atom. The van der Waals surface area contributed by atoms with Gasteiger partial charge in [-0.25, -0.2) is 9.97 Å². The summed E-state index contributed by atoms with van der Waals surface area (Å²) in [6, 6.07) is 9.91. The van der Waals surface area contributed by atoms with E-state index in [1.54, 1.807) is 0 Å². The summed E-state index contributed by atoms with van der Waals surface area (Å²) in [5.41, 5.74) is 0.991. The zero-order valence-corrected chi connectivity index (χ0v) is 13.4. The van der Waals surface area contributed by atoms with Crippen LogP contribution in [-0.2, 0) is 0 Å². The highest BCUT2D eigenvalue weighted by Gasteiger charge is 2.04. The van der Waals surface area contributed by atoms with Gasteiger partial charge >= 0.3 is 0 Å². The lowest BCUT2D eigenvalue weighted by Crippen LogP contribution is -2.06. The van der Waals surface area contributed by atoms with Crippen molar-refractivity contribution < 1.29 is 0 Å². The Balaban J connectivity index is 2.13. The third-order valence-electron chi connectivity index (χ3n) is 2.81. The van der Waals surface area contributed by atoms with E-state index >= 15 is 0 Å². The molecule has 2 rings (SSSR count). The van der Waals surface area contributed by atoms with E-state index in [9.17, 15) is 0 Å². The molecule has 106 valence electrons. The molecule has 0 aliphatic heterocycles. The Hall–Kier alpha value is -1.62. The average Bonchev–Trinajstić information content (AvgIpc) is 2.41. The van der Waals surface area contributed by atoms with Gasteiger partial charge in [0.15, 0.2) is 0 Å². The van der Waals surface area contributed by atoms with Crippen LogP contribution in [0.25, 0.3) is 0 Å². The number of rotatable bonds is 6. The van der Waals surface area contributed by atoms with Gasteiger partial charge in [0, 0.05) is 17.1 Å². The number of aryl methyl sites for hydroxylation is 1. The van der Waals surface area contributed by atoms with Crippen molar-refractivity contribution in [3.8, 4) is 0 Å². The molecule has 4 nitrogen and oxygen atoms in total. The van der Waals surface area contributed by atoms with Crippen molar-refractivity contribution in [2.45, 2.75) is 26.7 Å². The van der Waals surface area contributed by atoms with Crippen molar-refractivity contribution in [2.24, 2.45) is 0 Å². The van der Waals surface area contributed by atoms with Crippen LogP contribution in [0.4, 0.5) is 17.3 Å². The number of halogens is 1. The van der Waals surface area contributed by atoms with Gasteiger partial charge in [0.1, 0.15) is 17.5 Å².